The summed E-state index contributed by atoms with van der Waals surface area (Å²) in [4.78, 5) is 52.0. The van der Waals surface area contributed by atoms with Gasteiger partial charge in [-0.15, -0.1) is 0 Å². The Bertz CT molecular complexity index is 714. The van der Waals surface area contributed by atoms with Crippen molar-refractivity contribution in [1.82, 2.24) is 10.2 Å². The van der Waals surface area contributed by atoms with Crippen LogP contribution in [0.25, 0.3) is 0 Å². The maximum absolute atomic E-state index is 13.1. The zero-order valence-electron chi connectivity index (χ0n) is 19.3. The summed E-state index contributed by atoms with van der Waals surface area (Å²) in [5, 5.41) is 11.5. The van der Waals surface area contributed by atoms with E-state index in [4.69, 9.17) is 14.6 Å². The van der Waals surface area contributed by atoms with Crippen LogP contribution < -0.4 is 5.32 Å². The van der Waals surface area contributed by atoms with E-state index in [1.54, 1.807) is 37.8 Å². The molecule has 0 unspecified atom stereocenters. The first-order chi connectivity index (χ1) is 15.1. The number of nitrogens with one attached hydrogen (secondary N) is 1. The molecule has 2 aliphatic heterocycles. The number of aliphatic hydroxyl groups excluding tert-OH is 1. The van der Waals surface area contributed by atoms with Crippen molar-refractivity contribution in [3.8, 4) is 0 Å². The van der Waals surface area contributed by atoms with E-state index in [9.17, 15) is 19.2 Å². The topological polar surface area (TPSA) is 122 Å². The maximum Gasteiger partial charge on any atom is 0.309 e. The number of nitrogens with zero attached hydrogens (tertiary/aromatic N) is 1. The molecule has 0 aromatic carbocycles. The van der Waals surface area contributed by atoms with Crippen molar-refractivity contribution in [1.29, 1.82) is 0 Å². The van der Waals surface area contributed by atoms with Gasteiger partial charge in [0.05, 0.1) is 30.9 Å². The molecule has 3 atom stereocenters. The van der Waals surface area contributed by atoms with E-state index in [1.807, 2.05) is 0 Å². The number of cyclic esters (lactones) is 1. The predicted molar refractivity (Wildman–Crippen MR) is 116 cm³/mol. The smallest absolute Gasteiger partial charge is 0.309 e. The highest BCUT2D eigenvalue weighted by molar-refractivity contribution is 5.86. The highest BCUT2D eigenvalue weighted by atomic mass is 16.6. The second-order valence-corrected chi connectivity index (χ2v) is 9.36. The lowest BCUT2D eigenvalue weighted by Crippen LogP contribution is -2.44. The van der Waals surface area contributed by atoms with Gasteiger partial charge in [0, 0.05) is 19.5 Å². The quantitative estimate of drug-likeness (QED) is 0.460. The van der Waals surface area contributed by atoms with Crippen LogP contribution in [0.1, 0.15) is 59.3 Å². The van der Waals surface area contributed by atoms with E-state index < -0.39 is 29.4 Å². The van der Waals surface area contributed by atoms with Gasteiger partial charge in [0.15, 0.2) is 0 Å². The second kappa shape index (κ2) is 12.0. The molecule has 1 fully saturated rings. The Labute approximate surface area is 189 Å². The van der Waals surface area contributed by atoms with Gasteiger partial charge in [-0.2, -0.15) is 0 Å². The number of carbonyl (C=O) groups is 4. The summed E-state index contributed by atoms with van der Waals surface area (Å²) >= 11 is 0. The number of allylic oxidation sites excluding steroid dienone is 2. The van der Waals surface area contributed by atoms with Crippen molar-refractivity contribution in [2.24, 2.45) is 11.8 Å². The minimum Gasteiger partial charge on any atom is -0.463 e. The van der Waals surface area contributed by atoms with E-state index in [-0.39, 0.29) is 56.9 Å². The molecule has 9 heteroatoms. The van der Waals surface area contributed by atoms with Crippen LogP contribution in [0.15, 0.2) is 12.2 Å². The van der Waals surface area contributed by atoms with Crippen LogP contribution in [-0.4, -0.2) is 71.7 Å². The Morgan fingerprint density at radius 2 is 1.88 bits per heavy atom. The number of aliphatic hydroxyl groups is 1. The zero-order chi connectivity index (χ0) is 23.7. The van der Waals surface area contributed by atoms with Crippen molar-refractivity contribution >= 4 is 23.8 Å². The summed E-state index contributed by atoms with van der Waals surface area (Å²) in [7, 11) is 0. The van der Waals surface area contributed by atoms with Crippen LogP contribution in [0.3, 0.4) is 0 Å². The SMILES string of the molecule is CC(C)(C)OC(=O)C[C@@H]1C/C=C/C[C@@H](CC(=O)NCCO)C(=O)N2CCC[C@H]2COC1=O. The number of amides is 2. The summed E-state index contributed by atoms with van der Waals surface area (Å²) in [5.74, 6) is -2.56. The lowest BCUT2D eigenvalue weighted by atomic mass is 9.96. The molecule has 2 rings (SSSR count). The Morgan fingerprint density at radius 1 is 1.19 bits per heavy atom. The maximum atomic E-state index is 13.1. The molecule has 2 aliphatic rings. The number of carbonyl (C=O) groups excluding carboxylic acids is 4. The molecular formula is C23H36N2O7. The van der Waals surface area contributed by atoms with Crippen molar-refractivity contribution < 1.29 is 33.8 Å². The first-order valence-corrected chi connectivity index (χ1v) is 11.3. The third-order valence-electron chi connectivity index (χ3n) is 5.47. The Hall–Kier alpha value is -2.42. The van der Waals surface area contributed by atoms with Crippen molar-refractivity contribution in [3.05, 3.63) is 12.2 Å². The van der Waals surface area contributed by atoms with Gasteiger partial charge < -0.3 is 24.8 Å². The monoisotopic (exact) mass is 452 g/mol. The summed E-state index contributed by atoms with van der Waals surface area (Å²) in [6.45, 7) is 5.92. The molecule has 9 nitrogen and oxygen atoms in total. The highest BCUT2D eigenvalue weighted by Gasteiger charge is 2.35. The van der Waals surface area contributed by atoms with Crippen LogP contribution in [0.4, 0.5) is 0 Å². The van der Waals surface area contributed by atoms with Crippen LogP contribution in [0.2, 0.25) is 0 Å². The zero-order valence-corrected chi connectivity index (χ0v) is 19.3. The molecule has 180 valence electrons. The van der Waals surface area contributed by atoms with Gasteiger partial charge in [-0.1, -0.05) is 12.2 Å². The van der Waals surface area contributed by atoms with Crippen LogP contribution >= 0.6 is 0 Å². The fourth-order valence-corrected chi connectivity index (χ4v) is 3.96. The first-order valence-electron chi connectivity index (χ1n) is 11.3. The van der Waals surface area contributed by atoms with Crippen molar-refractivity contribution in [3.63, 3.8) is 0 Å². The van der Waals surface area contributed by atoms with Gasteiger partial charge in [0.1, 0.15) is 12.2 Å². The van der Waals surface area contributed by atoms with Crippen LogP contribution in [0, 0.1) is 11.8 Å². The fourth-order valence-electron chi connectivity index (χ4n) is 3.96. The van der Waals surface area contributed by atoms with Gasteiger partial charge in [-0.25, -0.2) is 0 Å². The Kier molecular flexibility index (Phi) is 9.68. The average molecular weight is 453 g/mol. The Balaban J connectivity index is 2.14. The molecule has 2 amide bonds. The predicted octanol–water partition coefficient (Wildman–Crippen LogP) is 1.33. The fraction of sp³-hybridized carbons (Fsp3) is 0.739. The van der Waals surface area contributed by atoms with Crippen molar-refractivity contribution in [2.45, 2.75) is 70.9 Å². The van der Waals surface area contributed by atoms with Crippen LogP contribution in [0.5, 0.6) is 0 Å². The summed E-state index contributed by atoms with van der Waals surface area (Å²) in [5.41, 5.74) is -0.642. The largest absolute Gasteiger partial charge is 0.463 e. The van der Waals surface area contributed by atoms with E-state index in [1.165, 1.54) is 0 Å². The lowest BCUT2D eigenvalue weighted by Gasteiger charge is -2.29. The van der Waals surface area contributed by atoms with Gasteiger partial charge in [-0.05, 0) is 46.5 Å². The third kappa shape index (κ3) is 8.26. The number of hydrogen-bond donors (Lipinski definition) is 2. The number of fused-ring (bicyclic) bond motifs is 1. The van der Waals surface area contributed by atoms with E-state index in [0.717, 1.165) is 12.8 Å². The molecule has 0 aromatic heterocycles. The van der Waals surface area contributed by atoms with Gasteiger partial charge in [-0.3, -0.25) is 19.2 Å². The number of ether oxygens (including phenoxy) is 2. The second-order valence-electron chi connectivity index (χ2n) is 9.36. The molecule has 2 N–H and O–H groups in total. The summed E-state index contributed by atoms with van der Waals surface area (Å²) < 4.78 is 10.9. The van der Waals surface area contributed by atoms with Gasteiger partial charge in [0.25, 0.3) is 0 Å². The molecule has 0 bridgehead atoms. The molecule has 0 spiro atoms. The minimum absolute atomic E-state index is 0.0213. The molecule has 2 heterocycles. The normalized spacial score (nSPS) is 25.8. The lowest BCUT2D eigenvalue weighted by molar-refractivity contribution is -0.162. The van der Waals surface area contributed by atoms with E-state index in [0.29, 0.717) is 13.0 Å². The first kappa shape index (κ1) is 25.8. The molecule has 32 heavy (non-hydrogen) atoms. The molecule has 1 saturated heterocycles. The number of esters is 2. The van der Waals surface area contributed by atoms with E-state index >= 15 is 0 Å². The average Bonchev–Trinajstić information content (AvgIpc) is 3.17. The summed E-state index contributed by atoms with van der Waals surface area (Å²) in [6, 6.07) is -0.236. The van der Waals surface area contributed by atoms with Gasteiger partial charge >= 0.3 is 11.9 Å². The summed E-state index contributed by atoms with van der Waals surface area (Å²) in [6.07, 6.45) is 5.62. The Morgan fingerprint density at radius 3 is 2.53 bits per heavy atom. The van der Waals surface area contributed by atoms with Crippen molar-refractivity contribution in [2.75, 3.05) is 26.3 Å². The van der Waals surface area contributed by atoms with Gasteiger partial charge in [0.2, 0.25) is 11.8 Å². The molecule has 0 aromatic rings. The highest BCUT2D eigenvalue weighted by Crippen LogP contribution is 2.25. The van der Waals surface area contributed by atoms with Crippen LogP contribution in [-0.2, 0) is 28.7 Å². The number of rotatable bonds is 6. The third-order valence-corrected chi connectivity index (χ3v) is 5.47. The molecular weight excluding hydrogens is 416 g/mol. The molecule has 0 radical (unpaired) electrons. The molecule has 0 saturated carbocycles. The number of hydrogen-bond acceptors (Lipinski definition) is 7. The minimum atomic E-state index is -0.669. The standard InChI is InChI=1S/C23H36N2O7/c1-23(2,3)32-20(28)14-17-8-5-4-7-16(13-19(27)24-10-12-26)21(29)25-11-6-9-18(25)15-31-22(17)30/h4-5,16-18,26H,6-15H2,1-3H3,(H,24,27)/b5-4+/t16-,17-,18-/m0/s1. The molecule has 0 aliphatic carbocycles. The van der Waals surface area contributed by atoms with E-state index in [2.05, 4.69) is 5.32 Å².